The molecule has 0 N–H and O–H groups in total. The number of sulfonamides is 1. The molecule has 7 heteroatoms. The van der Waals surface area contributed by atoms with Gasteiger partial charge >= 0.3 is 0 Å². The molecule has 0 aliphatic carbocycles. The zero-order valence-electron chi connectivity index (χ0n) is 13.2. The van der Waals surface area contributed by atoms with Crippen LogP contribution in [-0.4, -0.2) is 49.8 Å². The lowest BCUT2D eigenvalue weighted by Gasteiger charge is -2.24. The second-order valence-electron chi connectivity index (χ2n) is 5.42. The molecule has 0 atom stereocenters. The molecule has 0 amide bonds. The van der Waals surface area contributed by atoms with E-state index in [1.807, 2.05) is 49.3 Å². The van der Waals surface area contributed by atoms with Gasteiger partial charge in [0.05, 0.1) is 4.47 Å². The fourth-order valence-corrected chi connectivity index (χ4v) is 4.33. The fraction of sp³-hybridized carbons (Fsp3) is 0.312. The SMILES string of the molecule is CN(C)CCN(Cc1ccccc1)S(=O)(=O)c1ncccc1Br. The summed E-state index contributed by atoms with van der Waals surface area (Å²) in [4.78, 5) is 6.01. The first-order valence-corrected chi connectivity index (χ1v) is 9.44. The topological polar surface area (TPSA) is 53.5 Å². The van der Waals surface area contributed by atoms with Gasteiger partial charge in [-0.2, -0.15) is 4.31 Å². The van der Waals surface area contributed by atoms with E-state index in [2.05, 4.69) is 20.9 Å². The molecule has 1 heterocycles. The van der Waals surface area contributed by atoms with Crippen LogP contribution in [0, 0.1) is 0 Å². The highest BCUT2D eigenvalue weighted by Crippen LogP contribution is 2.23. The van der Waals surface area contributed by atoms with E-state index in [-0.39, 0.29) is 5.03 Å². The van der Waals surface area contributed by atoms with Crippen molar-refractivity contribution in [3.63, 3.8) is 0 Å². The Morgan fingerprint density at radius 3 is 2.35 bits per heavy atom. The van der Waals surface area contributed by atoms with E-state index in [9.17, 15) is 8.42 Å². The lowest BCUT2D eigenvalue weighted by Crippen LogP contribution is -2.36. The van der Waals surface area contributed by atoms with Crippen molar-refractivity contribution >= 4 is 26.0 Å². The number of halogens is 1. The van der Waals surface area contributed by atoms with Crippen LogP contribution in [0.3, 0.4) is 0 Å². The zero-order valence-corrected chi connectivity index (χ0v) is 15.6. The first-order chi connectivity index (χ1) is 10.9. The molecule has 0 unspecified atom stereocenters. The van der Waals surface area contributed by atoms with Gasteiger partial charge in [0.25, 0.3) is 10.0 Å². The van der Waals surface area contributed by atoms with Crippen molar-refractivity contribution in [1.29, 1.82) is 0 Å². The van der Waals surface area contributed by atoms with Crippen LogP contribution in [-0.2, 0) is 16.6 Å². The van der Waals surface area contributed by atoms with Crippen molar-refractivity contribution in [3.8, 4) is 0 Å². The summed E-state index contributed by atoms with van der Waals surface area (Å²) in [7, 11) is 0.164. The van der Waals surface area contributed by atoms with Crippen molar-refractivity contribution in [1.82, 2.24) is 14.2 Å². The Hall–Kier alpha value is -1.28. The first kappa shape index (κ1) is 18.1. The molecule has 2 rings (SSSR count). The van der Waals surface area contributed by atoms with E-state index >= 15 is 0 Å². The Morgan fingerprint density at radius 2 is 1.74 bits per heavy atom. The van der Waals surface area contributed by atoms with E-state index in [1.54, 1.807) is 12.1 Å². The van der Waals surface area contributed by atoms with E-state index < -0.39 is 10.0 Å². The maximum Gasteiger partial charge on any atom is 0.262 e. The second-order valence-corrected chi connectivity index (χ2v) is 8.13. The van der Waals surface area contributed by atoms with Crippen molar-refractivity contribution in [2.45, 2.75) is 11.6 Å². The molecular formula is C16H20BrN3O2S. The van der Waals surface area contributed by atoms with Gasteiger partial charge in [-0.1, -0.05) is 30.3 Å². The summed E-state index contributed by atoms with van der Waals surface area (Å²) < 4.78 is 27.9. The molecule has 0 fully saturated rings. The monoisotopic (exact) mass is 397 g/mol. The number of benzene rings is 1. The minimum absolute atomic E-state index is 0.0506. The number of nitrogens with zero attached hydrogens (tertiary/aromatic N) is 3. The third-order valence-electron chi connectivity index (χ3n) is 3.31. The molecule has 2 aromatic rings. The number of hydrogen-bond acceptors (Lipinski definition) is 4. The largest absolute Gasteiger partial charge is 0.308 e. The highest BCUT2D eigenvalue weighted by molar-refractivity contribution is 9.10. The summed E-state index contributed by atoms with van der Waals surface area (Å²) in [6, 6.07) is 13.0. The quantitative estimate of drug-likeness (QED) is 0.720. The summed E-state index contributed by atoms with van der Waals surface area (Å²) in [6.07, 6.45) is 1.49. The summed E-state index contributed by atoms with van der Waals surface area (Å²) >= 11 is 3.29. The Balaban J connectivity index is 2.34. The molecule has 0 bridgehead atoms. The van der Waals surface area contributed by atoms with Crippen molar-refractivity contribution < 1.29 is 8.42 Å². The number of rotatable bonds is 7. The number of aromatic nitrogens is 1. The predicted molar refractivity (Wildman–Crippen MR) is 94.5 cm³/mol. The Bertz CT molecular complexity index is 736. The van der Waals surface area contributed by atoms with Crippen LogP contribution in [0.1, 0.15) is 5.56 Å². The smallest absolute Gasteiger partial charge is 0.262 e. The lowest BCUT2D eigenvalue weighted by molar-refractivity contribution is 0.328. The maximum atomic E-state index is 13.0. The molecule has 23 heavy (non-hydrogen) atoms. The number of pyridine rings is 1. The molecule has 124 valence electrons. The summed E-state index contributed by atoms with van der Waals surface area (Å²) in [6.45, 7) is 1.35. The minimum atomic E-state index is -3.68. The van der Waals surface area contributed by atoms with Crippen molar-refractivity contribution in [2.75, 3.05) is 27.2 Å². The van der Waals surface area contributed by atoms with Gasteiger partial charge in [0.2, 0.25) is 0 Å². The maximum absolute atomic E-state index is 13.0. The molecule has 0 spiro atoms. The van der Waals surface area contributed by atoms with Gasteiger partial charge in [0, 0.05) is 25.8 Å². The third kappa shape index (κ3) is 4.84. The van der Waals surface area contributed by atoms with Crippen LogP contribution in [0.25, 0.3) is 0 Å². The van der Waals surface area contributed by atoms with Crippen LogP contribution in [0.15, 0.2) is 58.2 Å². The lowest BCUT2D eigenvalue weighted by atomic mass is 10.2. The van der Waals surface area contributed by atoms with Crippen LogP contribution < -0.4 is 0 Å². The molecule has 1 aromatic heterocycles. The van der Waals surface area contributed by atoms with Gasteiger partial charge in [-0.3, -0.25) is 0 Å². The summed E-state index contributed by atoms with van der Waals surface area (Å²) in [5, 5.41) is 0.0506. The van der Waals surface area contributed by atoms with Crippen LogP contribution >= 0.6 is 15.9 Å². The number of hydrogen-bond donors (Lipinski definition) is 0. The van der Waals surface area contributed by atoms with E-state index in [0.29, 0.717) is 24.1 Å². The average Bonchev–Trinajstić information content (AvgIpc) is 2.52. The Kier molecular flexibility index (Phi) is 6.29. The van der Waals surface area contributed by atoms with Gasteiger partial charge in [-0.05, 0) is 47.7 Å². The highest BCUT2D eigenvalue weighted by Gasteiger charge is 2.27. The Labute approximate surface area is 146 Å². The first-order valence-electron chi connectivity index (χ1n) is 7.20. The molecule has 0 radical (unpaired) electrons. The van der Waals surface area contributed by atoms with Crippen LogP contribution in [0.4, 0.5) is 0 Å². The van der Waals surface area contributed by atoms with E-state index in [4.69, 9.17) is 0 Å². The highest BCUT2D eigenvalue weighted by atomic mass is 79.9. The average molecular weight is 398 g/mol. The van der Waals surface area contributed by atoms with Crippen LogP contribution in [0.5, 0.6) is 0 Å². The molecule has 0 aliphatic rings. The molecule has 1 aromatic carbocycles. The molecule has 0 saturated heterocycles. The zero-order chi connectivity index (χ0) is 16.9. The summed E-state index contributed by atoms with van der Waals surface area (Å²) in [5.41, 5.74) is 0.946. The summed E-state index contributed by atoms with van der Waals surface area (Å²) in [5.74, 6) is 0. The van der Waals surface area contributed by atoms with Gasteiger partial charge in [-0.15, -0.1) is 0 Å². The van der Waals surface area contributed by atoms with Gasteiger partial charge < -0.3 is 4.90 Å². The molecule has 0 aliphatic heterocycles. The van der Waals surface area contributed by atoms with Crippen molar-refractivity contribution in [3.05, 3.63) is 58.7 Å². The molecule has 5 nitrogen and oxygen atoms in total. The van der Waals surface area contributed by atoms with Crippen molar-refractivity contribution in [2.24, 2.45) is 0 Å². The number of likely N-dealkylation sites (N-methyl/N-ethyl adjacent to an activating group) is 1. The normalized spacial score (nSPS) is 12.0. The Morgan fingerprint density at radius 1 is 1.04 bits per heavy atom. The van der Waals surface area contributed by atoms with Crippen LogP contribution in [0.2, 0.25) is 0 Å². The second kappa shape index (κ2) is 8.01. The van der Waals surface area contributed by atoms with E-state index in [0.717, 1.165) is 5.56 Å². The van der Waals surface area contributed by atoms with Gasteiger partial charge in [-0.25, -0.2) is 13.4 Å². The molecular weight excluding hydrogens is 378 g/mol. The fourth-order valence-electron chi connectivity index (χ4n) is 2.07. The van der Waals surface area contributed by atoms with Gasteiger partial charge in [0.15, 0.2) is 5.03 Å². The predicted octanol–water partition coefficient (Wildman–Crippen LogP) is 2.60. The third-order valence-corrected chi connectivity index (χ3v) is 6.02. The minimum Gasteiger partial charge on any atom is -0.308 e. The van der Waals surface area contributed by atoms with E-state index in [1.165, 1.54) is 10.5 Å². The standard InChI is InChI=1S/C16H20BrN3O2S/c1-19(2)11-12-20(13-14-7-4-3-5-8-14)23(21,22)16-15(17)9-6-10-18-16/h3-10H,11-13H2,1-2H3. The molecule has 0 saturated carbocycles. The van der Waals surface area contributed by atoms with Gasteiger partial charge in [0.1, 0.15) is 0 Å².